The van der Waals surface area contributed by atoms with Crippen molar-refractivity contribution in [3.63, 3.8) is 0 Å². The van der Waals surface area contributed by atoms with Gasteiger partial charge < -0.3 is 0 Å². The fourth-order valence-corrected chi connectivity index (χ4v) is 86.2. The summed E-state index contributed by atoms with van der Waals surface area (Å²) in [6, 6.07) is 0. The molecule has 214 valence electrons. The molecule has 0 unspecified atom stereocenters. The van der Waals surface area contributed by atoms with Gasteiger partial charge in [-0.25, -0.2) is 0 Å². The summed E-state index contributed by atoms with van der Waals surface area (Å²) in [5.74, 6) is -0.501. The van der Waals surface area contributed by atoms with Crippen molar-refractivity contribution < 1.29 is 14.6 Å². The summed E-state index contributed by atoms with van der Waals surface area (Å²) in [5, 5.41) is 11.5. The fraction of sp³-hybridized carbons (Fsp3) is 0.903. The van der Waals surface area contributed by atoms with E-state index in [1.54, 1.807) is 13.2 Å². The summed E-state index contributed by atoms with van der Waals surface area (Å²) in [6.45, 7) is 18.0. The molecule has 0 aliphatic heterocycles. The second-order valence-corrected chi connectivity index (χ2v) is 44.0. The molecule has 1 N–H and O–H groups in total. The van der Waals surface area contributed by atoms with Crippen molar-refractivity contribution in [3.8, 4) is 0 Å². The van der Waals surface area contributed by atoms with Gasteiger partial charge in [-0.3, -0.25) is 0 Å². The number of carbonyl (C=O) groups is 1. The van der Waals surface area contributed by atoms with E-state index in [0.29, 0.717) is 1.95 Å². The Morgan fingerprint density at radius 2 is 0.972 bits per heavy atom. The maximum absolute atomic E-state index is 13.7. The molecule has 36 heavy (non-hydrogen) atoms. The van der Waals surface area contributed by atoms with E-state index in [-0.39, 0.29) is 11.9 Å². The Kier molecular flexibility index (Phi) is 22.0. The minimum absolute atomic E-state index is 0.136. The zero-order chi connectivity index (χ0) is 27.5. The first-order valence-electron chi connectivity index (χ1n) is 15.7. The molecular weight excluding hydrogens is 658 g/mol. The molecule has 5 heteroatoms. The molecule has 0 saturated heterocycles. The number of aliphatic hydroxyl groups excluding tert-OH is 1. The molecule has 0 aliphatic rings. The van der Waals surface area contributed by atoms with E-state index in [2.05, 4.69) is 48.1 Å². The van der Waals surface area contributed by atoms with Crippen LogP contribution in [-0.2, 0) is 9.53 Å². The molecule has 0 aromatic heterocycles. The molecular formula is C31H64O3Sn2. The number of rotatable bonds is 24. The summed E-state index contributed by atoms with van der Waals surface area (Å²) in [6.07, 6.45) is 16.1. The molecule has 2 atom stereocenters. The van der Waals surface area contributed by atoms with Crippen LogP contribution in [-0.4, -0.2) is 61.0 Å². The predicted octanol–water partition coefficient (Wildman–Crippen LogP) is 9.93. The first kappa shape index (κ1) is 36.8. The number of hydrogen-bond donors (Lipinski definition) is 1. The van der Waals surface area contributed by atoms with E-state index in [1.165, 1.54) is 104 Å². The van der Waals surface area contributed by atoms with Gasteiger partial charge in [0, 0.05) is 0 Å². The first-order valence-corrected chi connectivity index (χ1v) is 31.1. The number of ether oxygens (including phenoxy) is 1. The van der Waals surface area contributed by atoms with Crippen LogP contribution in [0.15, 0.2) is 12.7 Å². The molecule has 0 aliphatic carbocycles. The third-order valence-electron chi connectivity index (χ3n) is 8.93. The summed E-state index contributed by atoms with van der Waals surface area (Å²) in [4.78, 5) is 13.7. The Morgan fingerprint density at radius 1 is 0.694 bits per heavy atom. The van der Waals surface area contributed by atoms with Crippen LogP contribution in [0.25, 0.3) is 0 Å². The number of methoxy groups -OCH3 is 1. The van der Waals surface area contributed by atoms with Crippen molar-refractivity contribution >= 4 is 42.7 Å². The average molecular weight is 722 g/mol. The van der Waals surface area contributed by atoms with Gasteiger partial charge in [0.1, 0.15) is 0 Å². The van der Waals surface area contributed by atoms with Crippen molar-refractivity contribution in [2.75, 3.05) is 7.11 Å². The molecule has 0 amide bonds. The zero-order valence-corrected chi connectivity index (χ0v) is 31.2. The molecule has 0 bridgehead atoms. The van der Waals surface area contributed by atoms with Crippen molar-refractivity contribution in [2.45, 2.75) is 153 Å². The van der Waals surface area contributed by atoms with Crippen LogP contribution >= 0.6 is 0 Å². The number of esters is 1. The molecule has 0 heterocycles. The molecule has 0 saturated carbocycles. The van der Waals surface area contributed by atoms with Gasteiger partial charge in [-0.2, -0.15) is 0 Å². The van der Waals surface area contributed by atoms with Crippen molar-refractivity contribution in [2.24, 2.45) is 5.92 Å². The Bertz CT molecular complexity index is 490. The molecule has 0 rings (SSSR count). The van der Waals surface area contributed by atoms with E-state index in [4.69, 9.17) is 4.74 Å². The Morgan fingerprint density at radius 3 is 1.17 bits per heavy atom. The molecule has 0 aromatic carbocycles. The second kappa shape index (κ2) is 21.6. The minimum atomic E-state index is -2.95. The maximum atomic E-state index is 13.7. The molecule has 3 nitrogen and oxygen atoms in total. The second-order valence-electron chi connectivity index (χ2n) is 11.6. The average Bonchev–Trinajstić information content (AvgIpc) is 2.91. The first-order chi connectivity index (χ1) is 17.3. The van der Waals surface area contributed by atoms with E-state index < -0.39 is 42.9 Å². The van der Waals surface area contributed by atoms with E-state index >= 15 is 0 Å². The van der Waals surface area contributed by atoms with Gasteiger partial charge in [0.05, 0.1) is 0 Å². The third-order valence-corrected chi connectivity index (χ3v) is 65.1. The van der Waals surface area contributed by atoms with Crippen molar-refractivity contribution in [1.29, 1.82) is 0 Å². The normalized spacial score (nSPS) is 14.1. The van der Waals surface area contributed by atoms with Crippen LogP contribution < -0.4 is 0 Å². The molecule has 0 aromatic rings. The van der Waals surface area contributed by atoms with Crippen LogP contribution in [0.1, 0.15) is 119 Å². The van der Waals surface area contributed by atoms with E-state index in [0.717, 1.165) is 0 Å². The summed E-state index contributed by atoms with van der Waals surface area (Å²) < 4.78 is 14.5. The standard InChI is InChI=1S/C7H10O3.6C4H9.2Sn/c1-4-6(8)5(2)7(9)10-3;6*1-3-4-2;;/h2,4-6,8H,1H2,3H3;6*1,3-4H2,2H3;;/t5-,6+;;;;;;;;/m1......../s1. The molecule has 0 spiro atoms. The van der Waals surface area contributed by atoms with Gasteiger partial charge in [-0.15, -0.1) is 0 Å². The third kappa shape index (κ3) is 11.5. The number of aliphatic hydroxyl groups is 1. The van der Waals surface area contributed by atoms with Gasteiger partial charge in [-0.05, 0) is 0 Å². The van der Waals surface area contributed by atoms with Gasteiger partial charge in [0.15, 0.2) is 0 Å². The van der Waals surface area contributed by atoms with Crippen molar-refractivity contribution in [1.82, 2.24) is 0 Å². The Balaban J connectivity index is 7.46. The van der Waals surface area contributed by atoms with Gasteiger partial charge >= 0.3 is 236 Å². The quantitative estimate of drug-likeness (QED) is 0.0614. The predicted molar refractivity (Wildman–Crippen MR) is 165 cm³/mol. The van der Waals surface area contributed by atoms with Crippen LogP contribution in [0.3, 0.4) is 0 Å². The number of hydrogen-bond acceptors (Lipinski definition) is 3. The monoisotopic (exact) mass is 724 g/mol. The Labute approximate surface area is 234 Å². The van der Waals surface area contributed by atoms with Gasteiger partial charge in [-0.1, -0.05) is 0 Å². The topological polar surface area (TPSA) is 46.5 Å². The number of unbranched alkanes of at least 4 members (excludes halogenated alkanes) is 6. The van der Waals surface area contributed by atoms with Crippen LogP contribution in [0.4, 0.5) is 0 Å². The van der Waals surface area contributed by atoms with E-state index in [1.807, 2.05) is 0 Å². The molecule has 0 radical (unpaired) electrons. The van der Waals surface area contributed by atoms with Crippen molar-refractivity contribution in [3.05, 3.63) is 12.7 Å². The Hall–Kier alpha value is 0.767. The summed E-state index contributed by atoms with van der Waals surface area (Å²) >= 11 is -5.90. The van der Waals surface area contributed by atoms with Gasteiger partial charge in [0.2, 0.25) is 0 Å². The molecule has 0 fully saturated rings. The van der Waals surface area contributed by atoms with Gasteiger partial charge in [0.25, 0.3) is 0 Å². The summed E-state index contributed by atoms with van der Waals surface area (Å²) in [7, 11) is 1.55. The van der Waals surface area contributed by atoms with Crippen LogP contribution in [0, 0.1) is 5.92 Å². The number of carbonyl (C=O) groups excluding carboxylic acids is 1. The fourth-order valence-electron chi connectivity index (χ4n) is 7.02. The summed E-state index contributed by atoms with van der Waals surface area (Å²) in [5.41, 5.74) is 0. The zero-order valence-electron chi connectivity index (χ0n) is 25.5. The SMILES string of the molecule is C=C[C@H](O)[C@H](C(=O)OC)[CH]([Sn]([CH2]CCC)([CH2]CCC)[CH2]CCC)[Sn]([CH2]CCC)([CH2]CCC)[CH2]CCC. The van der Waals surface area contributed by atoms with Crippen LogP contribution in [0.2, 0.25) is 28.6 Å². The van der Waals surface area contributed by atoms with E-state index in [9.17, 15) is 9.90 Å². The van der Waals surface area contributed by atoms with Crippen LogP contribution in [0.5, 0.6) is 0 Å².